The molecule has 0 amide bonds. The van der Waals surface area contributed by atoms with E-state index in [1.54, 1.807) is 30.3 Å². The van der Waals surface area contributed by atoms with E-state index in [2.05, 4.69) is 6.92 Å². The van der Waals surface area contributed by atoms with Gasteiger partial charge in [0.15, 0.2) is 21.3 Å². The maximum absolute atomic E-state index is 12.6. The minimum Gasteiger partial charge on any atom is -0.454 e. The highest BCUT2D eigenvalue weighted by atomic mass is 32.2. The molecule has 22 heavy (non-hydrogen) atoms. The van der Waals surface area contributed by atoms with E-state index < -0.39 is 9.84 Å². The number of fused-ring (bicyclic) bond motifs is 1. The fraction of sp³-hybridized carbons (Fsp3) is 0.294. The molecule has 0 N–H and O–H groups in total. The lowest BCUT2D eigenvalue weighted by Gasteiger charge is -2.11. The van der Waals surface area contributed by atoms with Gasteiger partial charge in [0.1, 0.15) is 0 Å². The minimum atomic E-state index is -3.37. The molecule has 1 heterocycles. The smallest absolute Gasteiger partial charge is 0.231 e. The van der Waals surface area contributed by atoms with Gasteiger partial charge >= 0.3 is 0 Å². The van der Waals surface area contributed by atoms with Crippen LogP contribution in [0.5, 0.6) is 11.5 Å². The Bertz CT molecular complexity index is 767. The maximum atomic E-state index is 12.6. The quantitative estimate of drug-likeness (QED) is 0.848. The number of benzene rings is 2. The second-order valence-corrected chi connectivity index (χ2v) is 7.29. The van der Waals surface area contributed by atoms with Gasteiger partial charge in [-0.2, -0.15) is 0 Å². The lowest BCUT2D eigenvalue weighted by atomic mass is 10.0. The summed E-state index contributed by atoms with van der Waals surface area (Å²) in [5, 5.41) is 0. The standard InChI is InChI=1S/C17H18O4S/c1-2-6-13-9-16-17(21-12-20-16)10-14(13)11-22(18,19)15-7-4-3-5-8-15/h3-5,7-10H,2,6,11-12H2,1H3. The Hall–Kier alpha value is -2.01. The largest absolute Gasteiger partial charge is 0.454 e. The zero-order valence-corrected chi connectivity index (χ0v) is 13.2. The summed E-state index contributed by atoms with van der Waals surface area (Å²) in [7, 11) is -3.37. The summed E-state index contributed by atoms with van der Waals surface area (Å²) in [6, 6.07) is 12.2. The lowest BCUT2D eigenvalue weighted by Crippen LogP contribution is -2.07. The number of aryl methyl sites for hydroxylation is 1. The Labute approximate surface area is 130 Å². The molecule has 116 valence electrons. The highest BCUT2D eigenvalue weighted by Crippen LogP contribution is 2.36. The molecular weight excluding hydrogens is 300 g/mol. The lowest BCUT2D eigenvalue weighted by molar-refractivity contribution is 0.174. The van der Waals surface area contributed by atoms with E-state index in [1.165, 1.54) is 0 Å². The van der Waals surface area contributed by atoms with Crippen LogP contribution < -0.4 is 9.47 Å². The molecule has 0 unspecified atom stereocenters. The topological polar surface area (TPSA) is 52.6 Å². The summed E-state index contributed by atoms with van der Waals surface area (Å²) in [6.07, 6.45) is 1.76. The molecule has 0 saturated carbocycles. The van der Waals surface area contributed by atoms with Gasteiger partial charge in [0.25, 0.3) is 0 Å². The molecule has 0 radical (unpaired) electrons. The van der Waals surface area contributed by atoms with Crippen LogP contribution in [0.25, 0.3) is 0 Å². The van der Waals surface area contributed by atoms with E-state index >= 15 is 0 Å². The van der Waals surface area contributed by atoms with Crippen LogP contribution in [0.1, 0.15) is 24.5 Å². The molecular formula is C17H18O4S. The molecule has 0 fully saturated rings. The van der Waals surface area contributed by atoms with Crippen molar-refractivity contribution in [3.05, 3.63) is 53.6 Å². The molecule has 3 rings (SSSR count). The van der Waals surface area contributed by atoms with Gasteiger partial charge in [-0.3, -0.25) is 0 Å². The van der Waals surface area contributed by atoms with Crippen LogP contribution in [0.3, 0.4) is 0 Å². The average Bonchev–Trinajstić information content (AvgIpc) is 2.95. The number of ether oxygens (including phenoxy) is 2. The number of hydrogen-bond acceptors (Lipinski definition) is 4. The van der Waals surface area contributed by atoms with Crippen molar-refractivity contribution in [2.75, 3.05) is 6.79 Å². The number of hydrogen-bond donors (Lipinski definition) is 0. The Morgan fingerprint density at radius 3 is 2.27 bits per heavy atom. The SMILES string of the molecule is CCCc1cc2c(cc1CS(=O)(=O)c1ccccc1)OCO2. The first-order valence-electron chi connectivity index (χ1n) is 7.29. The zero-order chi connectivity index (χ0) is 15.6. The fourth-order valence-electron chi connectivity index (χ4n) is 2.58. The van der Waals surface area contributed by atoms with E-state index in [4.69, 9.17) is 9.47 Å². The van der Waals surface area contributed by atoms with Gasteiger partial charge < -0.3 is 9.47 Å². The van der Waals surface area contributed by atoms with E-state index in [-0.39, 0.29) is 12.5 Å². The Morgan fingerprint density at radius 2 is 1.64 bits per heavy atom. The van der Waals surface area contributed by atoms with Crippen LogP contribution in [-0.4, -0.2) is 15.2 Å². The number of sulfone groups is 1. The third kappa shape index (κ3) is 2.95. The van der Waals surface area contributed by atoms with E-state index in [0.717, 1.165) is 24.0 Å². The maximum Gasteiger partial charge on any atom is 0.231 e. The van der Waals surface area contributed by atoms with Crippen LogP contribution in [0.2, 0.25) is 0 Å². The van der Waals surface area contributed by atoms with Crippen molar-refractivity contribution in [1.29, 1.82) is 0 Å². The highest BCUT2D eigenvalue weighted by Gasteiger charge is 2.21. The zero-order valence-electron chi connectivity index (χ0n) is 12.4. The molecule has 0 bridgehead atoms. The highest BCUT2D eigenvalue weighted by molar-refractivity contribution is 7.90. The molecule has 1 aliphatic heterocycles. The van der Waals surface area contributed by atoms with Gasteiger partial charge in [-0.1, -0.05) is 31.5 Å². The second-order valence-electron chi connectivity index (χ2n) is 5.30. The molecule has 0 aliphatic carbocycles. The minimum absolute atomic E-state index is 0.0248. The average molecular weight is 318 g/mol. The van der Waals surface area contributed by atoms with Gasteiger partial charge in [0, 0.05) is 0 Å². The van der Waals surface area contributed by atoms with Gasteiger partial charge in [-0.15, -0.1) is 0 Å². The van der Waals surface area contributed by atoms with Crippen LogP contribution in [-0.2, 0) is 22.0 Å². The predicted octanol–water partition coefficient (Wildman–Crippen LogP) is 3.34. The fourth-order valence-corrected chi connectivity index (χ4v) is 4.00. The monoisotopic (exact) mass is 318 g/mol. The van der Waals surface area contributed by atoms with Gasteiger partial charge in [-0.05, 0) is 41.8 Å². The van der Waals surface area contributed by atoms with Crippen molar-refractivity contribution < 1.29 is 17.9 Å². The van der Waals surface area contributed by atoms with Gasteiger partial charge in [0.05, 0.1) is 10.6 Å². The molecule has 0 aromatic heterocycles. The van der Waals surface area contributed by atoms with Crippen LogP contribution in [0, 0.1) is 0 Å². The molecule has 0 spiro atoms. The summed E-state index contributed by atoms with van der Waals surface area (Å²) in [6.45, 7) is 2.26. The molecule has 0 saturated heterocycles. The third-order valence-electron chi connectivity index (χ3n) is 3.66. The van der Waals surface area contributed by atoms with Gasteiger partial charge in [-0.25, -0.2) is 8.42 Å². The molecule has 2 aromatic rings. The summed E-state index contributed by atoms with van der Waals surface area (Å²) < 4.78 is 35.9. The van der Waals surface area contributed by atoms with Crippen molar-refractivity contribution in [3.63, 3.8) is 0 Å². The summed E-state index contributed by atoms with van der Waals surface area (Å²) in [5.74, 6) is 1.30. The first-order chi connectivity index (χ1) is 10.6. The first kappa shape index (κ1) is 14.9. The summed E-state index contributed by atoms with van der Waals surface area (Å²) in [5.41, 5.74) is 1.79. The first-order valence-corrected chi connectivity index (χ1v) is 8.94. The van der Waals surface area contributed by atoms with Crippen LogP contribution >= 0.6 is 0 Å². The third-order valence-corrected chi connectivity index (χ3v) is 5.34. The predicted molar refractivity (Wildman–Crippen MR) is 83.9 cm³/mol. The number of rotatable bonds is 5. The van der Waals surface area contributed by atoms with Crippen molar-refractivity contribution in [2.45, 2.75) is 30.4 Å². The van der Waals surface area contributed by atoms with Crippen molar-refractivity contribution in [3.8, 4) is 11.5 Å². The van der Waals surface area contributed by atoms with Crippen molar-refractivity contribution >= 4 is 9.84 Å². The Kier molecular flexibility index (Phi) is 4.07. The van der Waals surface area contributed by atoms with Crippen LogP contribution in [0.15, 0.2) is 47.4 Å². The van der Waals surface area contributed by atoms with Crippen molar-refractivity contribution in [1.82, 2.24) is 0 Å². The molecule has 0 atom stereocenters. The summed E-state index contributed by atoms with van der Waals surface area (Å²) >= 11 is 0. The molecule has 4 nitrogen and oxygen atoms in total. The van der Waals surface area contributed by atoms with Crippen molar-refractivity contribution in [2.24, 2.45) is 0 Å². The van der Waals surface area contributed by atoms with Crippen LogP contribution in [0.4, 0.5) is 0 Å². The normalized spacial score (nSPS) is 13.3. The molecule has 1 aliphatic rings. The van der Waals surface area contributed by atoms with E-state index in [9.17, 15) is 8.42 Å². The van der Waals surface area contributed by atoms with Gasteiger partial charge in [0.2, 0.25) is 6.79 Å². The summed E-state index contributed by atoms with van der Waals surface area (Å²) in [4.78, 5) is 0.343. The second kappa shape index (κ2) is 6.01. The Morgan fingerprint density at radius 1 is 1.00 bits per heavy atom. The van der Waals surface area contributed by atoms with E-state index in [1.807, 2.05) is 12.1 Å². The van der Waals surface area contributed by atoms with E-state index in [0.29, 0.717) is 16.4 Å². The molecule has 2 aromatic carbocycles. The molecule has 5 heteroatoms. The Balaban J connectivity index is 1.98.